The Morgan fingerprint density at radius 1 is 1.14 bits per heavy atom. The van der Waals surface area contributed by atoms with Gasteiger partial charge in [-0.05, 0) is 49.6 Å². The molecular weight excluding hydrogens is 274 g/mol. The summed E-state index contributed by atoms with van der Waals surface area (Å²) in [6.07, 6.45) is 1.95. The molecule has 4 nitrogen and oxygen atoms in total. The standard InChI is InChI=1S/C18H21N3O/c1-11(2)15-10-17(21-9-8-12(3)20-21)19-18-13(4)16(22-5)7-6-14(15)18/h6-11H,1-5H3. The molecule has 0 atom stereocenters. The number of pyridine rings is 1. The zero-order valence-electron chi connectivity index (χ0n) is 13.7. The van der Waals surface area contributed by atoms with Gasteiger partial charge in [0.15, 0.2) is 5.82 Å². The molecule has 0 bridgehead atoms. The van der Waals surface area contributed by atoms with Gasteiger partial charge in [-0.1, -0.05) is 13.8 Å². The maximum absolute atomic E-state index is 5.44. The highest BCUT2D eigenvalue weighted by Crippen LogP contribution is 2.32. The van der Waals surface area contributed by atoms with Gasteiger partial charge in [-0.2, -0.15) is 5.10 Å². The van der Waals surface area contributed by atoms with E-state index in [1.54, 1.807) is 7.11 Å². The van der Waals surface area contributed by atoms with E-state index in [-0.39, 0.29) is 0 Å². The summed E-state index contributed by atoms with van der Waals surface area (Å²) in [7, 11) is 1.69. The van der Waals surface area contributed by atoms with Crippen LogP contribution in [0.1, 0.15) is 36.6 Å². The summed E-state index contributed by atoms with van der Waals surface area (Å²) in [5, 5.41) is 5.66. The Hall–Kier alpha value is -2.36. The lowest BCUT2D eigenvalue weighted by Gasteiger charge is -2.15. The number of hydrogen-bond donors (Lipinski definition) is 0. The fraction of sp³-hybridized carbons (Fsp3) is 0.333. The molecule has 114 valence electrons. The van der Waals surface area contributed by atoms with Crippen molar-refractivity contribution in [1.82, 2.24) is 14.8 Å². The second kappa shape index (κ2) is 5.44. The van der Waals surface area contributed by atoms with Crippen LogP contribution in [0.15, 0.2) is 30.5 Å². The lowest BCUT2D eigenvalue weighted by atomic mass is 9.97. The van der Waals surface area contributed by atoms with Gasteiger partial charge in [-0.3, -0.25) is 0 Å². The molecular formula is C18H21N3O. The molecule has 22 heavy (non-hydrogen) atoms. The van der Waals surface area contributed by atoms with Gasteiger partial charge < -0.3 is 4.74 Å². The van der Waals surface area contributed by atoms with Crippen molar-refractivity contribution >= 4 is 10.9 Å². The van der Waals surface area contributed by atoms with Gasteiger partial charge in [0.1, 0.15) is 5.75 Å². The summed E-state index contributed by atoms with van der Waals surface area (Å²) >= 11 is 0. The van der Waals surface area contributed by atoms with Crippen molar-refractivity contribution in [2.24, 2.45) is 0 Å². The average molecular weight is 295 g/mol. The van der Waals surface area contributed by atoms with Crippen LogP contribution in [0.25, 0.3) is 16.7 Å². The highest BCUT2D eigenvalue weighted by molar-refractivity contribution is 5.88. The number of aryl methyl sites for hydroxylation is 2. The van der Waals surface area contributed by atoms with E-state index in [1.807, 2.05) is 29.9 Å². The highest BCUT2D eigenvalue weighted by Gasteiger charge is 2.14. The summed E-state index contributed by atoms with van der Waals surface area (Å²) in [6, 6.07) is 8.23. The van der Waals surface area contributed by atoms with E-state index < -0.39 is 0 Å². The predicted octanol–water partition coefficient (Wildman–Crippen LogP) is 4.17. The van der Waals surface area contributed by atoms with Gasteiger partial charge in [-0.25, -0.2) is 9.67 Å². The Morgan fingerprint density at radius 3 is 2.50 bits per heavy atom. The Morgan fingerprint density at radius 2 is 1.91 bits per heavy atom. The fourth-order valence-corrected chi connectivity index (χ4v) is 2.78. The summed E-state index contributed by atoms with van der Waals surface area (Å²) in [6.45, 7) is 8.44. The van der Waals surface area contributed by atoms with Gasteiger partial charge in [0.05, 0.1) is 18.3 Å². The molecule has 4 heteroatoms. The maximum Gasteiger partial charge on any atom is 0.154 e. The topological polar surface area (TPSA) is 39.9 Å². The first-order chi connectivity index (χ1) is 10.5. The number of rotatable bonds is 3. The molecule has 0 radical (unpaired) electrons. The predicted molar refractivity (Wildman–Crippen MR) is 89.0 cm³/mol. The maximum atomic E-state index is 5.44. The number of fused-ring (bicyclic) bond motifs is 1. The molecule has 0 aliphatic rings. The van der Waals surface area contributed by atoms with Crippen molar-refractivity contribution < 1.29 is 4.74 Å². The van der Waals surface area contributed by atoms with Crippen LogP contribution in [0.4, 0.5) is 0 Å². The summed E-state index contributed by atoms with van der Waals surface area (Å²) in [4.78, 5) is 4.83. The quantitative estimate of drug-likeness (QED) is 0.728. The number of aromatic nitrogens is 3. The van der Waals surface area contributed by atoms with Crippen molar-refractivity contribution in [3.05, 3.63) is 47.3 Å². The van der Waals surface area contributed by atoms with E-state index in [0.29, 0.717) is 5.92 Å². The molecule has 3 aromatic rings. The molecule has 0 aliphatic carbocycles. The van der Waals surface area contributed by atoms with Crippen molar-refractivity contribution in [2.45, 2.75) is 33.6 Å². The largest absolute Gasteiger partial charge is 0.496 e. The first kappa shape index (κ1) is 14.6. The third kappa shape index (κ3) is 2.34. The normalized spacial score (nSPS) is 11.4. The Balaban J connectivity index is 2.33. The molecule has 0 saturated carbocycles. The average Bonchev–Trinajstić information content (AvgIpc) is 2.93. The van der Waals surface area contributed by atoms with Crippen LogP contribution in [0.3, 0.4) is 0 Å². The van der Waals surface area contributed by atoms with Crippen LogP contribution in [-0.2, 0) is 0 Å². The third-order valence-corrected chi connectivity index (χ3v) is 4.00. The van der Waals surface area contributed by atoms with Gasteiger partial charge >= 0.3 is 0 Å². The van der Waals surface area contributed by atoms with Crippen LogP contribution in [0, 0.1) is 13.8 Å². The van der Waals surface area contributed by atoms with E-state index in [2.05, 4.69) is 38.0 Å². The summed E-state index contributed by atoms with van der Waals surface area (Å²) in [5.74, 6) is 2.12. The molecule has 1 aromatic carbocycles. The van der Waals surface area contributed by atoms with Crippen LogP contribution in [-0.4, -0.2) is 21.9 Å². The molecule has 2 heterocycles. The van der Waals surface area contributed by atoms with Crippen molar-refractivity contribution in [3.63, 3.8) is 0 Å². The number of hydrogen-bond acceptors (Lipinski definition) is 3. The lowest BCUT2D eigenvalue weighted by molar-refractivity contribution is 0.412. The molecule has 0 unspecified atom stereocenters. The zero-order valence-corrected chi connectivity index (χ0v) is 13.7. The van der Waals surface area contributed by atoms with E-state index in [0.717, 1.165) is 28.3 Å². The van der Waals surface area contributed by atoms with E-state index in [1.165, 1.54) is 10.9 Å². The summed E-state index contributed by atoms with van der Waals surface area (Å²) < 4.78 is 7.27. The summed E-state index contributed by atoms with van der Waals surface area (Å²) in [5.41, 5.74) is 4.30. The SMILES string of the molecule is COc1ccc2c(C(C)C)cc(-n3ccc(C)n3)nc2c1C. The second-order valence-electron chi connectivity index (χ2n) is 5.92. The molecule has 0 aliphatic heterocycles. The highest BCUT2D eigenvalue weighted by atomic mass is 16.5. The first-order valence-electron chi connectivity index (χ1n) is 7.52. The Kier molecular flexibility index (Phi) is 3.61. The van der Waals surface area contributed by atoms with Crippen LogP contribution in [0.5, 0.6) is 5.75 Å². The molecule has 0 N–H and O–H groups in total. The number of ether oxygens (including phenoxy) is 1. The molecule has 0 amide bonds. The molecule has 0 saturated heterocycles. The zero-order chi connectivity index (χ0) is 15.9. The number of methoxy groups -OCH3 is 1. The third-order valence-electron chi connectivity index (χ3n) is 4.00. The smallest absolute Gasteiger partial charge is 0.154 e. The first-order valence-corrected chi connectivity index (χ1v) is 7.52. The molecule has 2 aromatic heterocycles. The molecule has 3 rings (SSSR count). The van der Waals surface area contributed by atoms with Crippen LogP contribution in [0.2, 0.25) is 0 Å². The van der Waals surface area contributed by atoms with E-state index >= 15 is 0 Å². The van der Waals surface area contributed by atoms with Crippen molar-refractivity contribution in [3.8, 4) is 11.6 Å². The fourth-order valence-electron chi connectivity index (χ4n) is 2.78. The minimum absolute atomic E-state index is 0.411. The van der Waals surface area contributed by atoms with Crippen molar-refractivity contribution in [1.29, 1.82) is 0 Å². The van der Waals surface area contributed by atoms with Crippen LogP contribution >= 0.6 is 0 Å². The van der Waals surface area contributed by atoms with E-state index in [9.17, 15) is 0 Å². The second-order valence-corrected chi connectivity index (χ2v) is 5.92. The van der Waals surface area contributed by atoms with E-state index in [4.69, 9.17) is 9.72 Å². The van der Waals surface area contributed by atoms with Gasteiger partial charge in [0.25, 0.3) is 0 Å². The minimum atomic E-state index is 0.411. The molecule has 0 spiro atoms. The number of benzene rings is 1. The van der Waals surface area contributed by atoms with Gasteiger partial charge in [0, 0.05) is 17.1 Å². The Labute approximate surface area is 130 Å². The lowest BCUT2D eigenvalue weighted by Crippen LogP contribution is -2.03. The number of nitrogens with zero attached hydrogens (tertiary/aromatic N) is 3. The van der Waals surface area contributed by atoms with Crippen molar-refractivity contribution in [2.75, 3.05) is 7.11 Å². The van der Waals surface area contributed by atoms with Gasteiger partial charge in [0.2, 0.25) is 0 Å². The van der Waals surface area contributed by atoms with Gasteiger partial charge in [-0.15, -0.1) is 0 Å². The van der Waals surface area contributed by atoms with Crippen LogP contribution < -0.4 is 4.74 Å². The monoisotopic (exact) mass is 295 g/mol. The molecule has 0 fully saturated rings. The minimum Gasteiger partial charge on any atom is -0.496 e. The Bertz CT molecular complexity index is 834.